The molecule has 0 spiro atoms. The monoisotopic (exact) mass is 891 g/mol. The molecule has 0 fully saturated rings. The molecule has 1 heteroatoms. The van der Waals surface area contributed by atoms with Gasteiger partial charge in [0, 0.05) is 23.0 Å². The molecule has 1 nitrogen and oxygen atoms in total. The van der Waals surface area contributed by atoms with E-state index in [0.717, 1.165) is 23.5 Å². The van der Waals surface area contributed by atoms with E-state index in [1.807, 2.05) is 0 Å². The fraction of sp³-hybridized carbons (Fsp3) is 0.0435. The highest BCUT2D eigenvalue weighted by atomic mass is 15.1. The number of hydrogen-bond donors (Lipinski definition) is 0. The minimum absolute atomic E-state index is 0.351. The third-order valence-corrected chi connectivity index (χ3v) is 14.9. The Morgan fingerprint density at radius 1 is 0.300 bits per heavy atom. The van der Waals surface area contributed by atoms with E-state index in [0.29, 0.717) is 5.92 Å². The fourth-order valence-electron chi connectivity index (χ4n) is 11.7. The Labute approximate surface area is 411 Å². The van der Waals surface area contributed by atoms with Gasteiger partial charge in [-0.25, -0.2) is 0 Å². The van der Waals surface area contributed by atoms with E-state index in [1.165, 1.54) is 94.6 Å². The van der Waals surface area contributed by atoms with Crippen molar-refractivity contribution in [2.75, 3.05) is 4.90 Å². The van der Waals surface area contributed by atoms with Gasteiger partial charge in [0.05, 0.1) is 5.41 Å². The van der Waals surface area contributed by atoms with Crippen LogP contribution in [0.2, 0.25) is 0 Å². The number of hydrogen-bond acceptors (Lipinski definition) is 1. The molecule has 2 aliphatic rings. The van der Waals surface area contributed by atoms with Crippen molar-refractivity contribution in [1.82, 2.24) is 0 Å². The quantitative estimate of drug-likeness (QED) is 0.140. The lowest BCUT2D eigenvalue weighted by Gasteiger charge is -2.35. The summed E-state index contributed by atoms with van der Waals surface area (Å²) in [7, 11) is 0. The second kappa shape index (κ2) is 17.4. The molecule has 0 amide bonds. The van der Waals surface area contributed by atoms with Crippen molar-refractivity contribution in [2.45, 2.75) is 17.8 Å². The Hall–Kier alpha value is -8.78. The zero-order chi connectivity index (χ0) is 46.4. The van der Waals surface area contributed by atoms with Gasteiger partial charge in [0.1, 0.15) is 0 Å². The third-order valence-electron chi connectivity index (χ3n) is 14.9. The second-order valence-electron chi connectivity index (χ2n) is 18.8. The summed E-state index contributed by atoms with van der Waals surface area (Å²) >= 11 is 0. The molecule has 0 saturated carbocycles. The van der Waals surface area contributed by atoms with Crippen LogP contribution in [0.1, 0.15) is 44.9 Å². The smallest absolute Gasteiger partial charge is 0.0714 e. The maximum atomic E-state index is 2.45. The van der Waals surface area contributed by atoms with E-state index in [2.05, 4.69) is 284 Å². The van der Waals surface area contributed by atoms with Crippen LogP contribution in [0.15, 0.2) is 279 Å². The Morgan fingerprint density at radius 2 is 0.771 bits per heavy atom. The molecule has 0 aliphatic heterocycles. The van der Waals surface area contributed by atoms with Crippen LogP contribution in [0, 0.1) is 0 Å². The molecule has 330 valence electrons. The van der Waals surface area contributed by atoms with E-state index in [-0.39, 0.29) is 0 Å². The van der Waals surface area contributed by atoms with Gasteiger partial charge in [0.25, 0.3) is 0 Å². The number of benzene rings is 11. The maximum Gasteiger partial charge on any atom is 0.0714 e. The Kier molecular flexibility index (Phi) is 10.3. The van der Waals surface area contributed by atoms with E-state index in [9.17, 15) is 0 Å². The van der Waals surface area contributed by atoms with E-state index in [4.69, 9.17) is 0 Å². The molecule has 11 aromatic rings. The second-order valence-corrected chi connectivity index (χ2v) is 18.8. The number of anilines is 3. The number of rotatable bonds is 9. The molecule has 0 bridgehead atoms. The molecule has 1 atom stereocenters. The Balaban J connectivity index is 0.896. The number of fused-ring (bicyclic) bond motifs is 6. The Bertz CT molecular complexity index is 3610. The van der Waals surface area contributed by atoms with Crippen molar-refractivity contribution in [3.63, 3.8) is 0 Å². The topological polar surface area (TPSA) is 3.24 Å². The first-order chi connectivity index (χ1) is 34.7. The third kappa shape index (κ3) is 7.01. The minimum atomic E-state index is -0.506. The van der Waals surface area contributed by atoms with Crippen LogP contribution in [0.4, 0.5) is 17.1 Å². The first kappa shape index (κ1) is 41.4. The zero-order valence-electron chi connectivity index (χ0n) is 38.8. The highest BCUT2D eigenvalue weighted by molar-refractivity contribution is 5.90. The molecule has 11 aromatic carbocycles. The van der Waals surface area contributed by atoms with Crippen molar-refractivity contribution < 1.29 is 0 Å². The molecule has 0 aromatic heterocycles. The normalized spacial score (nSPS) is 13.9. The van der Waals surface area contributed by atoms with E-state index in [1.54, 1.807) is 0 Å². The van der Waals surface area contributed by atoms with Gasteiger partial charge in [-0.05, 0) is 150 Å². The van der Waals surface area contributed by atoms with Crippen LogP contribution in [0.25, 0.3) is 55.6 Å². The van der Waals surface area contributed by atoms with Crippen molar-refractivity contribution >= 4 is 17.1 Å². The molecule has 70 heavy (non-hydrogen) atoms. The van der Waals surface area contributed by atoms with Crippen molar-refractivity contribution in [2.24, 2.45) is 0 Å². The summed E-state index contributed by atoms with van der Waals surface area (Å²) in [4.78, 5) is 2.42. The average Bonchev–Trinajstić information content (AvgIpc) is 3.74. The Morgan fingerprint density at radius 3 is 1.44 bits per heavy atom. The van der Waals surface area contributed by atoms with Crippen LogP contribution in [-0.4, -0.2) is 0 Å². The lowest BCUT2D eigenvalue weighted by Crippen LogP contribution is -2.28. The molecule has 1 unspecified atom stereocenters. The van der Waals surface area contributed by atoms with Gasteiger partial charge in [-0.1, -0.05) is 231 Å². The molecule has 0 heterocycles. The fourth-order valence-corrected chi connectivity index (χ4v) is 11.7. The summed E-state index contributed by atoms with van der Waals surface area (Å²) in [6.07, 6.45) is 0.997. The zero-order valence-corrected chi connectivity index (χ0v) is 38.8. The maximum absolute atomic E-state index is 2.45. The average molecular weight is 892 g/mol. The SMILES string of the molecule is c1ccc(-c2ccc(N(c3ccc(-c4cccc(-c5ccc6c(c5)-c5ccccc5C(c5ccccc5)C6)c4)cc3)c3ccc4c(c3)C(c3ccccc3)(c3ccccc3)c3ccccc3-4)cc2)cc1. The standard InChI is InChI=1S/C69H49N/c1-5-18-48(19-6-1)49-34-38-58(39-35-49)70(60-42-43-64-63-30-15-16-31-67(63)69(68(64)47-60,56-24-9-3-10-25-56)57-26-11-4-12-27-57)59-40-36-50(37-41-59)52-22-17-23-53(44-52)54-32-33-55-46-65(51-20-7-2-8-21-51)61-28-13-14-29-62(61)66(55)45-54/h1-45,47,65H,46H2. The van der Waals surface area contributed by atoms with Crippen LogP contribution >= 0.6 is 0 Å². The van der Waals surface area contributed by atoms with Gasteiger partial charge >= 0.3 is 0 Å². The van der Waals surface area contributed by atoms with Gasteiger partial charge in [0.15, 0.2) is 0 Å². The minimum Gasteiger partial charge on any atom is -0.310 e. The summed E-state index contributed by atoms with van der Waals surface area (Å²) in [5, 5.41) is 0. The highest BCUT2D eigenvalue weighted by Gasteiger charge is 2.46. The van der Waals surface area contributed by atoms with Crippen molar-refractivity contribution in [3.05, 3.63) is 318 Å². The summed E-state index contributed by atoms with van der Waals surface area (Å²) in [6.45, 7) is 0. The molecular formula is C69H49N. The summed E-state index contributed by atoms with van der Waals surface area (Å²) < 4.78 is 0. The molecule has 0 N–H and O–H groups in total. The largest absolute Gasteiger partial charge is 0.310 e. The molecule has 0 radical (unpaired) electrons. The van der Waals surface area contributed by atoms with Gasteiger partial charge in [-0.15, -0.1) is 0 Å². The van der Waals surface area contributed by atoms with Crippen LogP contribution in [-0.2, 0) is 11.8 Å². The van der Waals surface area contributed by atoms with Crippen LogP contribution in [0.5, 0.6) is 0 Å². The highest BCUT2D eigenvalue weighted by Crippen LogP contribution is 2.57. The van der Waals surface area contributed by atoms with E-state index < -0.39 is 5.41 Å². The lowest BCUT2D eigenvalue weighted by atomic mass is 9.67. The van der Waals surface area contributed by atoms with Gasteiger partial charge in [0.2, 0.25) is 0 Å². The number of nitrogens with zero attached hydrogens (tertiary/aromatic N) is 1. The molecule has 0 saturated heterocycles. The first-order valence-corrected chi connectivity index (χ1v) is 24.5. The lowest BCUT2D eigenvalue weighted by molar-refractivity contribution is 0.768. The van der Waals surface area contributed by atoms with Crippen LogP contribution in [0.3, 0.4) is 0 Å². The molecule has 13 rings (SSSR count). The summed E-state index contributed by atoms with van der Waals surface area (Å²) in [5.41, 5.74) is 24.5. The van der Waals surface area contributed by atoms with Gasteiger partial charge < -0.3 is 4.90 Å². The van der Waals surface area contributed by atoms with E-state index >= 15 is 0 Å². The van der Waals surface area contributed by atoms with Gasteiger partial charge in [-0.2, -0.15) is 0 Å². The van der Waals surface area contributed by atoms with Crippen molar-refractivity contribution in [1.29, 1.82) is 0 Å². The molecular weight excluding hydrogens is 843 g/mol. The molecule has 2 aliphatic carbocycles. The van der Waals surface area contributed by atoms with Gasteiger partial charge in [-0.3, -0.25) is 0 Å². The summed E-state index contributed by atoms with van der Waals surface area (Å²) in [5.74, 6) is 0.351. The predicted octanol–water partition coefficient (Wildman–Crippen LogP) is 17.9. The summed E-state index contributed by atoms with van der Waals surface area (Å²) in [6, 6.07) is 103. The van der Waals surface area contributed by atoms with Crippen LogP contribution < -0.4 is 4.90 Å². The van der Waals surface area contributed by atoms with Crippen molar-refractivity contribution in [3.8, 4) is 55.6 Å². The predicted molar refractivity (Wildman–Crippen MR) is 292 cm³/mol. The first-order valence-electron chi connectivity index (χ1n) is 24.5.